The van der Waals surface area contributed by atoms with Gasteiger partial charge >= 0.3 is 0 Å². The van der Waals surface area contributed by atoms with Gasteiger partial charge in [0.25, 0.3) is 0 Å². The summed E-state index contributed by atoms with van der Waals surface area (Å²) in [6, 6.07) is 15.4. The van der Waals surface area contributed by atoms with E-state index in [1.807, 2.05) is 66.9 Å². The van der Waals surface area contributed by atoms with E-state index in [-0.39, 0.29) is 17.7 Å². The van der Waals surface area contributed by atoms with E-state index in [0.29, 0.717) is 19.5 Å². The molecule has 0 unspecified atom stereocenters. The fourth-order valence-electron chi connectivity index (χ4n) is 2.69. The van der Waals surface area contributed by atoms with Crippen molar-refractivity contribution in [3.05, 3.63) is 60.4 Å². The Hall–Kier alpha value is -3.15. The number of nitrogens with one attached hydrogen (secondary N) is 2. The normalized spacial score (nSPS) is 10.9. The number of rotatable bonds is 7. The first-order valence-electron chi connectivity index (χ1n) is 9.09. The molecule has 0 aliphatic rings. The minimum atomic E-state index is -0.0587. The van der Waals surface area contributed by atoms with Crippen LogP contribution >= 0.6 is 0 Å². The Bertz CT molecular complexity index is 929. The first-order chi connectivity index (χ1) is 13.0. The van der Waals surface area contributed by atoms with E-state index in [1.165, 1.54) is 0 Å². The van der Waals surface area contributed by atoms with Crippen LogP contribution in [0.4, 0.5) is 5.69 Å². The van der Waals surface area contributed by atoms with Crippen molar-refractivity contribution in [1.29, 1.82) is 0 Å². The molecule has 6 nitrogen and oxygen atoms in total. The molecule has 0 saturated carbocycles. The number of imidazole rings is 1. The van der Waals surface area contributed by atoms with Gasteiger partial charge in [0.2, 0.25) is 11.8 Å². The standard InChI is InChI=1S/C21H24N4O2/c1-15(2)21(27)24-17-9-7-16(8-10-17)13-22-20(26)11-12-25-14-23-18-5-3-4-6-19(18)25/h3-10,14-15H,11-13H2,1-2H3,(H,22,26)(H,24,27). The number of anilines is 1. The molecular weight excluding hydrogens is 340 g/mol. The van der Waals surface area contributed by atoms with Crippen LogP contribution in [0, 0.1) is 5.92 Å². The highest BCUT2D eigenvalue weighted by Crippen LogP contribution is 2.13. The molecule has 2 amide bonds. The van der Waals surface area contributed by atoms with Gasteiger partial charge in [-0.15, -0.1) is 0 Å². The van der Waals surface area contributed by atoms with Crippen LogP contribution in [0.15, 0.2) is 54.9 Å². The quantitative estimate of drug-likeness (QED) is 0.675. The second kappa shape index (κ2) is 8.49. The number of benzene rings is 2. The molecule has 1 aromatic heterocycles. The Morgan fingerprint density at radius 3 is 2.56 bits per heavy atom. The lowest BCUT2D eigenvalue weighted by Gasteiger charge is -2.09. The van der Waals surface area contributed by atoms with Crippen LogP contribution in [-0.4, -0.2) is 21.4 Å². The fourth-order valence-corrected chi connectivity index (χ4v) is 2.69. The Kier molecular flexibility index (Phi) is 5.86. The van der Waals surface area contributed by atoms with E-state index in [1.54, 1.807) is 6.33 Å². The molecule has 3 aromatic rings. The summed E-state index contributed by atoms with van der Waals surface area (Å²) >= 11 is 0. The zero-order valence-corrected chi connectivity index (χ0v) is 15.6. The first-order valence-corrected chi connectivity index (χ1v) is 9.09. The van der Waals surface area contributed by atoms with E-state index in [9.17, 15) is 9.59 Å². The van der Waals surface area contributed by atoms with Crippen molar-refractivity contribution in [3.8, 4) is 0 Å². The molecule has 0 aliphatic carbocycles. The van der Waals surface area contributed by atoms with E-state index < -0.39 is 0 Å². The van der Waals surface area contributed by atoms with E-state index in [2.05, 4.69) is 15.6 Å². The van der Waals surface area contributed by atoms with Crippen LogP contribution in [-0.2, 0) is 22.7 Å². The molecule has 0 aliphatic heterocycles. The van der Waals surface area contributed by atoms with Gasteiger partial charge in [0.15, 0.2) is 0 Å². The molecule has 0 radical (unpaired) electrons. The van der Waals surface area contributed by atoms with E-state index in [4.69, 9.17) is 0 Å². The zero-order chi connectivity index (χ0) is 19.2. The smallest absolute Gasteiger partial charge is 0.226 e. The lowest BCUT2D eigenvalue weighted by Crippen LogP contribution is -2.23. The minimum absolute atomic E-state index is 0.00929. The number of carbonyl (C=O) groups is 2. The molecule has 1 heterocycles. The molecule has 0 fully saturated rings. The lowest BCUT2D eigenvalue weighted by molar-refractivity contribution is -0.121. The van der Waals surface area contributed by atoms with Crippen molar-refractivity contribution in [3.63, 3.8) is 0 Å². The van der Waals surface area contributed by atoms with Crippen LogP contribution < -0.4 is 10.6 Å². The highest BCUT2D eigenvalue weighted by atomic mass is 16.2. The van der Waals surface area contributed by atoms with Crippen LogP contribution in [0.2, 0.25) is 0 Å². The lowest BCUT2D eigenvalue weighted by atomic mass is 10.1. The van der Waals surface area contributed by atoms with Crippen molar-refractivity contribution >= 4 is 28.5 Å². The monoisotopic (exact) mass is 364 g/mol. The SMILES string of the molecule is CC(C)C(=O)Nc1ccc(CNC(=O)CCn2cnc3ccccc32)cc1. The Morgan fingerprint density at radius 1 is 1.07 bits per heavy atom. The largest absolute Gasteiger partial charge is 0.352 e. The van der Waals surface area contributed by atoms with Crippen molar-refractivity contribution < 1.29 is 9.59 Å². The first kappa shape index (κ1) is 18.6. The molecule has 27 heavy (non-hydrogen) atoms. The number of aromatic nitrogens is 2. The molecule has 6 heteroatoms. The number of para-hydroxylation sites is 2. The predicted octanol–water partition coefficient (Wildman–Crippen LogP) is 3.34. The number of aryl methyl sites for hydroxylation is 1. The van der Waals surface area contributed by atoms with Gasteiger partial charge in [0, 0.05) is 31.1 Å². The van der Waals surface area contributed by atoms with Gasteiger partial charge in [-0.05, 0) is 29.8 Å². The fraction of sp³-hybridized carbons (Fsp3) is 0.286. The zero-order valence-electron chi connectivity index (χ0n) is 15.6. The number of carbonyl (C=O) groups excluding carboxylic acids is 2. The van der Waals surface area contributed by atoms with Gasteiger partial charge in [0.05, 0.1) is 17.4 Å². The van der Waals surface area contributed by atoms with Gasteiger partial charge in [-0.3, -0.25) is 9.59 Å². The van der Waals surface area contributed by atoms with Crippen molar-refractivity contribution in [1.82, 2.24) is 14.9 Å². The van der Waals surface area contributed by atoms with Gasteiger partial charge in [-0.2, -0.15) is 0 Å². The molecule has 2 aromatic carbocycles. The summed E-state index contributed by atoms with van der Waals surface area (Å²) in [4.78, 5) is 28.2. The summed E-state index contributed by atoms with van der Waals surface area (Å²) in [7, 11) is 0. The summed E-state index contributed by atoms with van der Waals surface area (Å²) < 4.78 is 1.99. The molecule has 140 valence electrons. The molecule has 3 rings (SSSR count). The molecule has 0 saturated heterocycles. The van der Waals surface area contributed by atoms with Crippen LogP contribution in [0.25, 0.3) is 11.0 Å². The third kappa shape index (κ3) is 4.94. The molecule has 2 N–H and O–H groups in total. The maximum absolute atomic E-state index is 12.1. The van der Waals surface area contributed by atoms with Crippen molar-refractivity contribution in [2.24, 2.45) is 5.92 Å². The summed E-state index contributed by atoms with van der Waals surface area (Å²) in [6.45, 7) is 4.76. The van der Waals surface area contributed by atoms with Crippen LogP contribution in [0.5, 0.6) is 0 Å². The van der Waals surface area contributed by atoms with Gasteiger partial charge in [-0.1, -0.05) is 38.1 Å². The van der Waals surface area contributed by atoms with Gasteiger partial charge in [-0.25, -0.2) is 4.98 Å². The Morgan fingerprint density at radius 2 is 1.81 bits per heavy atom. The summed E-state index contributed by atoms with van der Waals surface area (Å²) in [6.07, 6.45) is 2.16. The van der Waals surface area contributed by atoms with Crippen LogP contribution in [0.3, 0.4) is 0 Å². The highest BCUT2D eigenvalue weighted by molar-refractivity contribution is 5.92. The Labute approximate surface area is 158 Å². The van der Waals surface area contributed by atoms with Gasteiger partial charge in [0.1, 0.15) is 0 Å². The predicted molar refractivity (Wildman–Crippen MR) is 106 cm³/mol. The second-order valence-corrected chi connectivity index (χ2v) is 6.79. The topological polar surface area (TPSA) is 76.0 Å². The number of amides is 2. The summed E-state index contributed by atoms with van der Waals surface area (Å²) in [5.74, 6) is -0.0790. The Balaban J connectivity index is 1.47. The molecule has 0 spiro atoms. The van der Waals surface area contributed by atoms with E-state index in [0.717, 1.165) is 22.3 Å². The summed E-state index contributed by atoms with van der Waals surface area (Å²) in [5.41, 5.74) is 3.71. The maximum Gasteiger partial charge on any atom is 0.226 e. The third-order valence-electron chi connectivity index (χ3n) is 4.34. The molecule has 0 atom stereocenters. The highest BCUT2D eigenvalue weighted by Gasteiger charge is 2.08. The molecule has 0 bridgehead atoms. The third-order valence-corrected chi connectivity index (χ3v) is 4.34. The van der Waals surface area contributed by atoms with E-state index >= 15 is 0 Å². The maximum atomic E-state index is 12.1. The number of hydrogen-bond donors (Lipinski definition) is 2. The number of fused-ring (bicyclic) bond motifs is 1. The van der Waals surface area contributed by atoms with Crippen molar-refractivity contribution in [2.45, 2.75) is 33.4 Å². The average Bonchev–Trinajstić information content (AvgIpc) is 3.09. The number of nitrogens with zero attached hydrogens (tertiary/aromatic N) is 2. The van der Waals surface area contributed by atoms with Gasteiger partial charge < -0.3 is 15.2 Å². The average molecular weight is 364 g/mol. The number of hydrogen-bond acceptors (Lipinski definition) is 3. The summed E-state index contributed by atoms with van der Waals surface area (Å²) in [5, 5.41) is 5.78. The van der Waals surface area contributed by atoms with Crippen molar-refractivity contribution in [2.75, 3.05) is 5.32 Å². The minimum Gasteiger partial charge on any atom is -0.352 e. The molecular formula is C21H24N4O2. The second-order valence-electron chi connectivity index (χ2n) is 6.79. The van der Waals surface area contributed by atoms with Crippen LogP contribution in [0.1, 0.15) is 25.8 Å².